The number of rotatable bonds is 0. The van der Waals surface area contributed by atoms with E-state index in [4.69, 9.17) is 5.11 Å². The van der Waals surface area contributed by atoms with E-state index in [1.165, 1.54) is 20.8 Å². The highest BCUT2D eigenvalue weighted by molar-refractivity contribution is 5.93. The maximum Gasteiger partial charge on any atom is 0.202 e. The van der Waals surface area contributed by atoms with Crippen LogP contribution < -0.4 is 0 Å². The molecule has 0 amide bonds. The molecule has 0 heterocycles. The number of Topliss-reactive ketones (excluding diaryl/α,β-unsaturated/α-hetero) is 1. The van der Waals surface area contributed by atoms with Gasteiger partial charge < -0.3 is 5.11 Å². The third kappa shape index (κ3) is 7.19. The second kappa shape index (κ2) is 2.65. The van der Waals surface area contributed by atoms with Crippen molar-refractivity contribution in [2.75, 3.05) is 0 Å². The lowest BCUT2D eigenvalue weighted by atomic mass is 10.1. The minimum absolute atomic E-state index is 0.225. The molecule has 0 aliphatic carbocycles. The summed E-state index contributed by atoms with van der Waals surface area (Å²) in [5.41, 5.74) is -1.05. The van der Waals surface area contributed by atoms with Crippen LogP contribution >= 0.6 is 0 Å². The van der Waals surface area contributed by atoms with Crippen molar-refractivity contribution in [3.05, 3.63) is 0 Å². The molecule has 0 atom stereocenters. The van der Waals surface area contributed by atoms with Crippen molar-refractivity contribution < 1.29 is 9.90 Å². The van der Waals surface area contributed by atoms with E-state index in [1.54, 1.807) is 0 Å². The van der Waals surface area contributed by atoms with Gasteiger partial charge in [-0.25, -0.2) is 0 Å². The zero-order valence-corrected chi connectivity index (χ0v) is 5.86. The molecule has 0 spiro atoms. The third-order valence-electron chi connectivity index (χ3n) is 0.544. The van der Waals surface area contributed by atoms with Gasteiger partial charge in [-0.2, -0.15) is 0 Å². The van der Waals surface area contributed by atoms with Crippen molar-refractivity contribution in [2.45, 2.75) is 26.4 Å². The van der Waals surface area contributed by atoms with Crippen molar-refractivity contribution in [3.63, 3.8) is 0 Å². The van der Waals surface area contributed by atoms with Gasteiger partial charge in [0.05, 0.1) is 0 Å². The lowest BCUT2D eigenvalue weighted by molar-refractivity contribution is -0.111. The number of hydrogen-bond acceptors (Lipinski definition) is 2. The average molecular weight is 126 g/mol. The number of ketones is 1. The molecule has 0 radical (unpaired) electrons. The molecule has 0 unspecified atom stereocenters. The Morgan fingerprint density at radius 3 is 2.11 bits per heavy atom. The van der Waals surface area contributed by atoms with Crippen molar-refractivity contribution in [2.24, 2.45) is 0 Å². The Kier molecular flexibility index (Phi) is 2.41. The summed E-state index contributed by atoms with van der Waals surface area (Å²) in [7, 11) is 0. The van der Waals surface area contributed by atoms with Gasteiger partial charge in [0.15, 0.2) is 0 Å². The first-order valence-electron chi connectivity index (χ1n) is 2.68. The predicted octanol–water partition coefficient (Wildman–Crippen LogP) is 0.350. The summed E-state index contributed by atoms with van der Waals surface area (Å²) >= 11 is 0. The second-order valence-corrected chi connectivity index (χ2v) is 2.37. The standard InChI is InChI=1S/C7H10O2/c1-6(8)4-5-7(2,3)9/h9H,1-3H3. The number of hydrogen-bond donors (Lipinski definition) is 1. The van der Waals surface area contributed by atoms with E-state index < -0.39 is 5.60 Å². The second-order valence-electron chi connectivity index (χ2n) is 2.37. The van der Waals surface area contributed by atoms with Crippen molar-refractivity contribution in [1.29, 1.82) is 0 Å². The first-order valence-corrected chi connectivity index (χ1v) is 2.68. The molecule has 1 N–H and O–H groups in total. The SMILES string of the molecule is CC(=O)C#CC(C)(C)O. The van der Waals surface area contributed by atoms with Gasteiger partial charge in [0.2, 0.25) is 5.78 Å². The Balaban J connectivity index is 4.04. The zero-order chi connectivity index (χ0) is 7.49. The van der Waals surface area contributed by atoms with E-state index in [-0.39, 0.29) is 5.78 Å². The lowest BCUT2D eigenvalue weighted by Crippen LogP contribution is -2.14. The predicted molar refractivity (Wildman–Crippen MR) is 34.8 cm³/mol. The van der Waals surface area contributed by atoms with Gasteiger partial charge in [0.25, 0.3) is 0 Å². The van der Waals surface area contributed by atoms with Crippen LogP contribution in [0.2, 0.25) is 0 Å². The van der Waals surface area contributed by atoms with Crippen LogP contribution in [-0.4, -0.2) is 16.5 Å². The highest BCUT2D eigenvalue weighted by Crippen LogP contribution is 1.95. The van der Waals surface area contributed by atoms with E-state index in [0.717, 1.165) is 0 Å². The largest absolute Gasteiger partial charge is 0.378 e. The van der Waals surface area contributed by atoms with Crippen LogP contribution in [0.15, 0.2) is 0 Å². The molecule has 0 saturated carbocycles. The van der Waals surface area contributed by atoms with E-state index in [1.807, 2.05) is 0 Å². The Morgan fingerprint density at radius 2 is 2.00 bits per heavy atom. The van der Waals surface area contributed by atoms with Crippen molar-refractivity contribution in [3.8, 4) is 11.8 Å². The molecule has 0 aromatic carbocycles. The van der Waals surface area contributed by atoms with Crippen molar-refractivity contribution >= 4 is 5.78 Å². The van der Waals surface area contributed by atoms with Crippen LogP contribution in [0.5, 0.6) is 0 Å². The number of carbonyl (C=O) groups is 1. The molecular formula is C7H10O2. The van der Waals surface area contributed by atoms with E-state index in [2.05, 4.69) is 11.8 Å². The molecule has 0 bridgehead atoms. The number of carbonyl (C=O) groups excluding carboxylic acids is 1. The fourth-order valence-corrected chi connectivity index (χ4v) is 0.241. The maximum atomic E-state index is 10.2. The van der Waals surface area contributed by atoms with Gasteiger partial charge in [-0.15, -0.1) is 0 Å². The summed E-state index contributed by atoms with van der Waals surface area (Å²) in [4.78, 5) is 10.2. The van der Waals surface area contributed by atoms with Crippen LogP contribution in [0, 0.1) is 11.8 Å². The monoisotopic (exact) mass is 126 g/mol. The van der Waals surface area contributed by atoms with Gasteiger partial charge in [0.1, 0.15) is 5.60 Å². The molecule has 0 aliphatic rings. The summed E-state index contributed by atoms with van der Waals surface area (Å²) in [6.07, 6.45) is 0. The molecule has 2 nitrogen and oxygen atoms in total. The summed E-state index contributed by atoms with van der Waals surface area (Å²) < 4.78 is 0. The Labute approximate surface area is 54.9 Å². The molecule has 0 aromatic heterocycles. The molecule has 0 saturated heterocycles. The van der Waals surface area contributed by atoms with Crippen LogP contribution in [0.25, 0.3) is 0 Å². The molecule has 0 aromatic rings. The van der Waals surface area contributed by atoms with Gasteiger partial charge in [-0.05, 0) is 19.8 Å². The van der Waals surface area contributed by atoms with Gasteiger partial charge in [-0.1, -0.05) is 5.92 Å². The highest BCUT2D eigenvalue weighted by atomic mass is 16.3. The highest BCUT2D eigenvalue weighted by Gasteiger charge is 2.05. The topological polar surface area (TPSA) is 37.3 Å². The summed E-state index contributed by atoms with van der Waals surface area (Å²) in [6.45, 7) is 4.42. The molecule has 2 heteroatoms. The Hall–Kier alpha value is -0.810. The van der Waals surface area contributed by atoms with E-state index in [0.29, 0.717) is 0 Å². The van der Waals surface area contributed by atoms with Gasteiger partial charge in [0, 0.05) is 6.92 Å². The summed E-state index contributed by atoms with van der Waals surface area (Å²) in [5, 5.41) is 8.94. The lowest BCUT2D eigenvalue weighted by Gasteiger charge is -2.04. The molecule has 9 heavy (non-hydrogen) atoms. The fourth-order valence-electron chi connectivity index (χ4n) is 0.241. The molecular weight excluding hydrogens is 116 g/mol. The first kappa shape index (κ1) is 8.19. The third-order valence-corrected chi connectivity index (χ3v) is 0.544. The molecule has 0 rings (SSSR count). The normalized spacial score (nSPS) is 9.78. The smallest absolute Gasteiger partial charge is 0.202 e. The molecule has 0 fully saturated rings. The van der Waals surface area contributed by atoms with Crippen molar-refractivity contribution in [1.82, 2.24) is 0 Å². The van der Waals surface area contributed by atoms with Crippen LogP contribution in [0.3, 0.4) is 0 Å². The Bertz CT molecular complexity index is 164. The number of aliphatic hydroxyl groups is 1. The molecule has 50 valence electrons. The van der Waals surface area contributed by atoms with E-state index in [9.17, 15) is 4.79 Å². The minimum atomic E-state index is -1.05. The van der Waals surface area contributed by atoms with Gasteiger partial charge >= 0.3 is 0 Å². The van der Waals surface area contributed by atoms with Crippen LogP contribution in [-0.2, 0) is 4.79 Å². The van der Waals surface area contributed by atoms with Crippen LogP contribution in [0.1, 0.15) is 20.8 Å². The zero-order valence-electron chi connectivity index (χ0n) is 5.86. The quantitative estimate of drug-likeness (QED) is 0.375. The van der Waals surface area contributed by atoms with Crippen LogP contribution in [0.4, 0.5) is 0 Å². The van der Waals surface area contributed by atoms with Gasteiger partial charge in [-0.3, -0.25) is 4.79 Å². The maximum absolute atomic E-state index is 10.2. The average Bonchev–Trinajstić information content (AvgIpc) is 1.59. The Morgan fingerprint density at radius 1 is 1.56 bits per heavy atom. The fraction of sp³-hybridized carbons (Fsp3) is 0.571. The summed E-state index contributed by atoms with van der Waals surface area (Å²) in [6, 6.07) is 0. The first-order chi connectivity index (χ1) is 3.92. The summed E-state index contributed by atoms with van der Waals surface area (Å²) in [5.74, 6) is 4.40. The van der Waals surface area contributed by atoms with E-state index >= 15 is 0 Å². The minimum Gasteiger partial charge on any atom is -0.378 e. The molecule has 0 aliphatic heterocycles.